The molecule has 1 aliphatic carbocycles. The molecule has 4 nitrogen and oxygen atoms in total. The van der Waals surface area contributed by atoms with Crippen LogP contribution in [0.4, 0.5) is 8.78 Å². The van der Waals surface area contributed by atoms with Crippen molar-refractivity contribution in [1.29, 1.82) is 0 Å². The minimum absolute atomic E-state index is 0.0386. The highest BCUT2D eigenvalue weighted by molar-refractivity contribution is 9.10. The summed E-state index contributed by atoms with van der Waals surface area (Å²) in [6.45, 7) is 1.64. The molecule has 2 fully saturated rings. The highest BCUT2D eigenvalue weighted by Gasteiger charge is 2.53. The van der Waals surface area contributed by atoms with Crippen LogP contribution < -0.4 is 5.32 Å². The van der Waals surface area contributed by atoms with Crippen molar-refractivity contribution < 1.29 is 18.3 Å². The largest absolute Gasteiger partial charge is 0.365 e. The predicted molar refractivity (Wildman–Crippen MR) is 117 cm³/mol. The van der Waals surface area contributed by atoms with Gasteiger partial charge in [-0.2, -0.15) is 0 Å². The number of hydrogen-bond donors (Lipinski definition) is 1. The fraction of sp³-hybridized carbons (Fsp3) is 0.435. The van der Waals surface area contributed by atoms with E-state index >= 15 is 0 Å². The molecule has 5 rings (SSSR count). The molecule has 1 unspecified atom stereocenters. The molecular weight excluding hydrogens is 490 g/mol. The van der Waals surface area contributed by atoms with Crippen LogP contribution in [0.15, 0.2) is 34.8 Å². The van der Waals surface area contributed by atoms with Gasteiger partial charge < -0.3 is 15.0 Å². The summed E-state index contributed by atoms with van der Waals surface area (Å²) in [6, 6.07) is 8.19. The lowest BCUT2D eigenvalue weighted by atomic mass is 9.75. The SMILES string of the molecule is O=C([C@H]1CNCCC12OCc1cc(F)c(F)cc12)N(Cc1cc(Br)ccc1Cl)C1CC1. The Balaban J connectivity index is 1.50. The Hall–Kier alpha value is -1.54. The molecule has 0 radical (unpaired) electrons. The summed E-state index contributed by atoms with van der Waals surface area (Å²) < 4.78 is 35.0. The number of nitrogens with zero attached hydrogens (tertiary/aromatic N) is 1. The molecule has 2 atom stereocenters. The van der Waals surface area contributed by atoms with Crippen LogP contribution in [0, 0.1) is 17.6 Å². The Morgan fingerprint density at radius 2 is 2.03 bits per heavy atom. The average molecular weight is 512 g/mol. The van der Waals surface area contributed by atoms with Gasteiger partial charge in [-0.25, -0.2) is 8.78 Å². The molecule has 1 spiro atoms. The first-order chi connectivity index (χ1) is 14.9. The molecule has 0 bridgehead atoms. The number of halogens is 4. The van der Waals surface area contributed by atoms with E-state index in [4.69, 9.17) is 16.3 Å². The quantitative estimate of drug-likeness (QED) is 0.634. The van der Waals surface area contributed by atoms with Gasteiger partial charge in [0.15, 0.2) is 11.6 Å². The van der Waals surface area contributed by atoms with Gasteiger partial charge in [0.25, 0.3) is 0 Å². The van der Waals surface area contributed by atoms with E-state index in [2.05, 4.69) is 21.2 Å². The molecule has 31 heavy (non-hydrogen) atoms. The zero-order valence-corrected chi connectivity index (χ0v) is 19.1. The lowest BCUT2D eigenvalue weighted by molar-refractivity contribution is -0.157. The summed E-state index contributed by atoms with van der Waals surface area (Å²) in [5.74, 6) is -2.37. The third kappa shape index (κ3) is 3.80. The molecular formula is C23H22BrClF2N2O2. The molecule has 1 amide bonds. The van der Waals surface area contributed by atoms with E-state index < -0.39 is 23.2 Å². The van der Waals surface area contributed by atoms with Gasteiger partial charge in [0.1, 0.15) is 5.60 Å². The Labute approximate surface area is 193 Å². The predicted octanol–water partition coefficient (Wildman–Crippen LogP) is 4.91. The second-order valence-electron chi connectivity index (χ2n) is 8.54. The van der Waals surface area contributed by atoms with Crippen LogP contribution in [0.2, 0.25) is 5.02 Å². The van der Waals surface area contributed by atoms with Crippen LogP contribution in [0.3, 0.4) is 0 Å². The van der Waals surface area contributed by atoms with Crippen LogP contribution >= 0.6 is 27.5 Å². The minimum Gasteiger partial charge on any atom is -0.365 e. The Bertz CT molecular complexity index is 1050. The van der Waals surface area contributed by atoms with E-state index in [9.17, 15) is 13.6 Å². The van der Waals surface area contributed by atoms with Gasteiger partial charge in [-0.15, -0.1) is 0 Å². The van der Waals surface area contributed by atoms with Gasteiger partial charge in [-0.3, -0.25) is 4.79 Å². The van der Waals surface area contributed by atoms with E-state index in [1.54, 1.807) is 0 Å². The maximum atomic E-state index is 14.1. The van der Waals surface area contributed by atoms with E-state index in [0.29, 0.717) is 42.2 Å². The van der Waals surface area contributed by atoms with Crippen molar-refractivity contribution in [3.8, 4) is 0 Å². The Morgan fingerprint density at radius 3 is 2.81 bits per heavy atom. The lowest BCUT2D eigenvalue weighted by Gasteiger charge is -2.43. The molecule has 2 heterocycles. The van der Waals surface area contributed by atoms with Crippen molar-refractivity contribution in [3.05, 3.63) is 68.2 Å². The van der Waals surface area contributed by atoms with Crippen molar-refractivity contribution in [2.75, 3.05) is 13.1 Å². The summed E-state index contributed by atoms with van der Waals surface area (Å²) in [5, 5.41) is 3.90. The number of carbonyl (C=O) groups is 1. The smallest absolute Gasteiger partial charge is 0.230 e. The molecule has 1 saturated heterocycles. The number of rotatable bonds is 4. The van der Waals surface area contributed by atoms with Crippen LogP contribution in [-0.2, 0) is 28.3 Å². The normalized spacial score (nSPS) is 25.0. The lowest BCUT2D eigenvalue weighted by Crippen LogP contribution is -2.55. The van der Waals surface area contributed by atoms with Gasteiger partial charge in [0.05, 0.1) is 12.5 Å². The number of fused-ring (bicyclic) bond motifs is 2. The number of nitrogens with one attached hydrogen (secondary N) is 1. The number of carbonyl (C=O) groups excluding carboxylic acids is 1. The number of ether oxygens (including phenoxy) is 1. The molecule has 3 aliphatic rings. The summed E-state index contributed by atoms with van der Waals surface area (Å²) in [5.41, 5.74) is 1.14. The third-order valence-electron chi connectivity index (χ3n) is 6.59. The van der Waals surface area contributed by atoms with E-state index in [1.165, 1.54) is 12.1 Å². The van der Waals surface area contributed by atoms with Gasteiger partial charge in [-0.05, 0) is 72.8 Å². The van der Waals surface area contributed by atoms with Crippen LogP contribution in [0.1, 0.15) is 36.0 Å². The summed E-state index contributed by atoms with van der Waals surface area (Å²) in [6.07, 6.45) is 2.42. The summed E-state index contributed by atoms with van der Waals surface area (Å²) in [4.78, 5) is 15.8. The van der Waals surface area contributed by atoms with Gasteiger partial charge in [0, 0.05) is 28.6 Å². The number of piperidine rings is 1. The molecule has 1 saturated carbocycles. The van der Waals surface area contributed by atoms with Crippen molar-refractivity contribution in [1.82, 2.24) is 10.2 Å². The maximum Gasteiger partial charge on any atom is 0.230 e. The van der Waals surface area contributed by atoms with Crippen LogP contribution in [-0.4, -0.2) is 29.9 Å². The number of benzene rings is 2. The minimum atomic E-state index is -0.944. The van der Waals surface area contributed by atoms with E-state index in [0.717, 1.165) is 22.9 Å². The van der Waals surface area contributed by atoms with Crippen molar-refractivity contribution >= 4 is 33.4 Å². The number of hydrogen-bond acceptors (Lipinski definition) is 3. The summed E-state index contributed by atoms with van der Waals surface area (Å²) >= 11 is 9.88. The average Bonchev–Trinajstić information content (AvgIpc) is 3.54. The van der Waals surface area contributed by atoms with Crippen molar-refractivity contribution in [2.45, 2.75) is 44.1 Å². The van der Waals surface area contributed by atoms with Gasteiger partial charge in [-0.1, -0.05) is 27.5 Å². The Morgan fingerprint density at radius 1 is 1.26 bits per heavy atom. The molecule has 2 aromatic rings. The zero-order chi connectivity index (χ0) is 21.8. The van der Waals surface area contributed by atoms with E-state index in [-0.39, 0.29) is 18.6 Å². The topological polar surface area (TPSA) is 41.6 Å². The van der Waals surface area contributed by atoms with E-state index in [1.807, 2.05) is 23.1 Å². The van der Waals surface area contributed by atoms with Crippen LogP contribution in [0.5, 0.6) is 0 Å². The highest BCUT2D eigenvalue weighted by Crippen LogP contribution is 2.48. The van der Waals surface area contributed by atoms with Crippen LogP contribution in [0.25, 0.3) is 0 Å². The fourth-order valence-electron chi connectivity index (χ4n) is 4.85. The van der Waals surface area contributed by atoms with Gasteiger partial charge in [0.2, 0.25) is 5.91 Å². The highest BCUT2D eigenvalue weighted by atomic mass is 79.9. The van der Waals surface area contributed by atoms with Crippen molar-refractivity contribution in [3.63, 3.8) is 0 Å². The number of amides is 1. The standard InChI is InChI=1S/C23H22BrClF2N2O2/c24-15-1-4-19(25)13(7-15)11-29(16-2-3-16)22(30)18-10-28-6-5-23(18)17-9-21(27)20(26)8-14(17)12-31-23/h1,4,7-9,16,18,28H,2-3,5-6,10-12H2/t18-,23?/m1/s1. The molecule has 8 heteroatoms. The molecule has 0 aromatic heterocycles. The zero-order valence-electron chi connectivity index (χ0n) is 16.8. The second kappa shape index (κ2) is 8.10. The molecule has 164 valence electrons. The first-order valence-electron chi connectivity index (χ1n) is 10.5. The van der Waals surface area contributed by atoms with Crippen molar-refractivity contribution in [2.24, 2.45) is 5.92 Å². The molecule has 2 aliphatic heterocycles. The maximum absolute atomic E-state index is 14.1. The molecule has 2 aromatic carbocycles. The molecule has 1 N–H and O–H groups in total. The Kier molecular flexibility index (Phi) is 5.57. The first-order valence-corrected chi connectivity index (χ1v) is 11.6. The second-order valence-corrected chi connectivity index (χ2v) is 9.86. The fourth-order valence-corrected chi connectivity index (χ4v) is 5.43. The monoisotopic (exact) mass is 510 g/mol. The third-order valence-corrected chi connectivity index (χ3v) is 7.45. The van der Waals surface area contributed by atoms with Gasteiger partial charge >= 0.3 is 0 Å². The first kappa shape index (κ1) is 21.3. The summed E-state index contributed by atoms with van der Waals surface area (Å²) in [7, 11) is 0.